The molecule has 2 amide bonds. The first-order chi connectivity index (χ1) is 13.6. The molecule has 0 saturated heterocycles. The topological polar surface area (TPSA) is 71.5 Å². The molecule has 0 aliphatic rings. The lowest BCUT2D eigenvalue weighted by Crippen LogP contribution is -2.38. The first-order valence-corrected chi connectivity index (χ1v) is 10.6. The number of anilines is 1. The molecule has 1 heterocycles. The van der Waals surface area contributed by atoms with Gasteiger partial charge in [0.2, 0.25) is 11.8 Å². The number of benzene rings is 2. The smallest absolute Gasteiger partial charge is 0.244 e. The van der Waals surface area contributed by atoms with Crippen LogP contribution < -0.4 is 10.1 Å². The summed E-state index contributed by atoms with van der Waals surface area (Å²) in [5, 5.41) is 2.80. The summed E-state index contributed by atoms with van der Waals surface area (Å²) in [6, 6.07) is 15.1. The Morgan fingerprint density at radius 1 is 1.18 bits per heavy atom. The maximum atomic E-state index is 12.6. The van der Waals surface area contributed by atoms with Gasteiger partial charge < -0.3 is 15.0 Å². The van der Waals surface area contributed by atoms with Gasteiger partial charge in [-0.2, -0.15) is 0 Å². The molecule has 28 heavy (non-hydrogen) atoms. The van der Waals surface area contributed by atoms with Gasteiger partial charge in [0.25, 0.3) is 0 Å². The summed E-state index contributed by atoms with van der Waals surface area (Å²) < 4.78 is 7.18. The maximum absolute atomic E-state index is 12.6. The fourth-order valence-electron chi connectivity index (χ4n) is 2.61. The molecule has 0 aliphatic carbocycles. The maximum Gasteiger partial charge on any atom is 0.244 e. The summed E-state index contributed by atoms with van der Waals surface area (Å²) in [5.41, 5.74) is 1.52. The van der Waals surface area contributed by atoms with Crippen LogP contribution in [-0.4, -0.2) is 47.7 Å². The highest BCUT2D eigenvalue weighted by Crippen LogP contribution is 2.29. The second kappa shape index (κ2) is 9.57. The minimum Gasteiger partial charge on any atom is -0.495 e. The number of fused-ring (bicyclic) bond motifs is 1. The fourth-order valence-corrected chi connectivity index (χ4v) is 4.59. The van der Waals surface area contributed by atoms with E-state index in [2.05, 4.69) is 10.3 Å². The van der Waals surface area contributed by atoms with Gasteiger partial charge in [-0.25, -0.2) is 4.98 Å². The highest BCUT2D eigenvalue weighted by Gasteiger charge is 2.17. The van der Waals surface area contributed by atoms with E-state index in [1.807, 2.05) is 43.3 Å². The molecular weight excluding hydrogens is 394 g/mol. The van der Waals surface area contributed by atoms with Crippen molar-refractivity contribution in [2.75, 3.05) is 31.3 Å². The zero-order valence-electron chi connectivity index (χ0n) is 15.7. The summed E-state index contributed by atoms with van der Waals surface area (Å²) in [7, 11) is 1.55. The highest BCUT2D eigenvalue weighted by atomic mass is 32.2. The Kier molecular flexibility index (Phi) is 6.89. The molecule has 1 N–H and O–H groups in total. The Morgan fingerprint density at radius 2 is 1.93 bits per heavy atom. The molecule has 0 spiro atoms. The molecule has 1 aromatic heterocycles. The quantitative estimate of drug-likeness (QED) is 0.565. The highest BCUT2D eigenvalue weighted by molar-refractivity contribution is 8.01. The van der Waals surface area contributed by atoms with Crippen LogP contribution in [0.25, 0.3) is 10.2 Å². The third-order valence-corrected chi connectivity index (χ3v) is 6.21. The summed E-state index contributed by atoms with van der Waals surface area (Å²) in [6.07, 6.45) is 0. The van der Waals surface area contributed by atoms with Crippen molar-refractivity contribution in [2.45, 2.75) is 11.3 Å². The number of thiazole rings is 1. The van der Waals surface area contributed by atoms with Crippen molar-refractivity contribution >= 4 is 50.8 Å². The second-order valence-electron chi connectivity index (χ2n) is 5.89. The van der Waals surface area contributed by atoms with E-state index in [0.29, 0.717) is 18.0 Å². The van der Waals surface area contributed by atoms with Gasteiger partial charge in [-0.3, -0.25) is 9.59 Å². The van der Waals surface area contributed by atoms with Crippen molar-refractivity contribution in [3.63, 3.8) is 0 Å². The number of nitrogens with zero attached hydrogens (tertiary/aromatic N) is 2. The van der Waals surface area contributed by atoms with Gasteiger partial charge in [0.1, 0.15) is 5.75 Å². The molecule has 2 aromatic carbocycles. The number of carbonyl (C=O) groups excluding carboxylic acids is 2. The zero-order valence-corrected chi connectivity index (χ0v) is 17.3. The Hall–Kier alpha value is -2.58. The van der Waals surface area contributed by atoms with Crippen molar-refractivity contribution < 1.29 is 14.3 Å². The number of rotatable bonds is 8. The van der Waals surface area contributed by atoms with Crippen LogP contribution in [0.5, 0.6) is 5.75 Å². The summed E-state index contributed by atoms with van der Waals surface area (Å²) >= 11 is 2.97. The first-order valence-electron chi connectivity index (χ1n) is 8.79. The van der Waals surface area contributed by atoms with Gasteiger partial charge in [0.15, 0.2) is 4.34 Å². The Morgan fingerprint density at radius 3 is 2.68 bits per heavy atom. The molecule has 0 saturated carbocycles. The van der Waals surface area contributed by atoms with E-state index in [1.54, 1.807) is 30.6 Å². The lowest BCUT2D eigenvalue weighted by molar-refractivity contribution is -0.132. The van der Waals surface area contributed by atoms with Crippen LogP contribution in [0.2, 0.25) is 0 Å². The van der Waals surface area contributed by atoms with Crippen LogP contribution in [0.1, 0.15) is 6.92 Å². The van der Waals surface area contributed by atoms with E-state index in [9.17, 15) is 9.59 Å². The van der Waals surface area contributed by atoms with E-state index >= 15 is 0 Å². The van der Waals surface area contributed by atoms with Gasteiger partial charge in [0.05, 0.1) is 35.3 Å². The van der Waals surface area contributed by atoms with Crippen LogP contribution >= 0.6 is 23.1 Å². The summed E-state index contributed by atoms with van der Waals surface area (Å²) in [5.74, 6) is 0.471. The number of amides is 2. The van der Waals surface area contributed by atoms with Crippen molar-refractivity contribution in [3.8, 4) is 5.75 Å². The van der Waals surface area contributed by atoms with Crippen molar-refractivity contribution in [3.05, 3.63) is 48.5 Å². The SMILES string of the molecule is CCN(CC(=O)Nc1ccccc1OC)C(=O)CSc1nc2ccccc2s1. The van der Waals surface area contributed by atoms with Crippen molar-refractivity contribution in [1.29, 1.82) is 0 Å². The molecule has 0 unspecified atom stereocenters. The molecule has 0 bridgehead atoms. The number of nitrogens with one attached hydrogen (secondary N) is 1. The van der Waals surface area contributed by atoms with Gasteiger partial charge >= 0.3 is 0 Å². The van der Waals surface area contributed by atoms with Crippen molar-refractivity contribution in [2.24, 2.45) is 0 Å². The van der Waals surface area contributed by atoms with E-state index < -0.39 is 0 Å². The summed E-state index contributed by atoms with van der Waals surface area (Å²) in [4.78, 5) is 31.0. The van der Waals surface area contributed by atoms with Gasteiger partial charge in [-0.05, 0) is 31.2 Å². The van der Waals surface area contributed by atoms with Crippen LogP contribution in [0, 0.1) is 0 Å². The van der Waals surface area contributed by atoms with E-state index in [1.165, 1.54) is 16.7 Å². The molecule has 3 rings (SSSR count). The number of hydrogen-bond acceptors (Lipinski definition) is 6. The lowest BCUT2D eigenvalue weighted by Gasteiger charge is -2.20. The molecule has 0 radical (unpaired) electrons. The normalized spacial score (nSPS) is 10.6. The molecule has 0 atom stereocenters. The fraction of sp³-hybridized carbons (Fsp3) is 0.250. The minimum absolute atomic E-state index is 0.00616. The molecule has 146 valence electrons. The lowest BCUT2D eigenvalue weighted by atomic mass is 10.3. The molecule has 8 heteroatoms. The second-order valence-corrected chi connectivity index (χ2v) is 8.15. The molecule has 0 fully saturated rings. The first kappa shape index (κ1) is 20.2. The van der Waals surface area contributed by atoms with E-state index in [0.717, 1.165) is 14.6 Å². The molecule has 6 nitrogen and oxygen atoms in total. The van der Waals surface area contributed by atoms with Gasteiger partial charge in [-0.15, -0.1) is 11.3 Å². The molecule has 3 aromatic rings. The van der Waals surface area contributed by atoms with Crippen molar-refractivity contribution in [1.82, 2.24) is 9.88 Å². The Bertz CT molecular complexity index is 941. The minimum atomic E-state index is -0.260. The number of methoxy groups -OCH3 is 1. The number of hydrogen-bond donors (Lipinski definition) is 1. The average Bonchev–Trinajstić information content (AvgIpc) is 3.13. The Labute approximate surface area is 171 Å². The van der Waals surface area contributed by atoms with E-state index in [4.69, 9.17) is 4.74 Å². The predicted molar refractivity (Wildman–Crippen MR) is 114 cm³/mol. The van der Waals surface area contributed by atoms with Gasteiger partial charge in [0, 0.05) is 6.54 Å². The van der Waals surface area contributed by atoms with Crippen LogP contribution in [0.4, 0.5) is 5.69 Å². The third kappa shape index (κ3) is 5.02. The van der Waals surface area contributed by atoms with E-state index in [-0.39, 0.29) is 24.1 Å². The monoisotopic (exact) mass is 415 g/mol. The third-order valence-electron chi connectivity index (χ3n) is 4.04. The predicted octanol–water partition coefficient (Wildman–Crippen LogP) is 3.88. The standard InChI is InChI=1S/C20H21N3O3S2/c1-3-23(12-18(24)21-14-8-4-6-10-16(14)26-2)19(25)13-27-20-22-15-9-5-7-11-17(15)28-20/h4-11H,3,12-13H2,1-2H3,(H,21,24). The molecule has 0 aliphatic heterocycles. The van der Waals surface area contributed by atoms with Crippen LogP contribution in [0.15, 0.2) is 52.9 Å². The number of aromatic nitrogens is 1. The summed E-state index contributed by atoms with van der Waals surface area (Å²) in [6.45, 7) is 2.31. The zero-order chi connectivity index (χ0) is 19.9. The number of thioether (sulfide) groups is 1. The molecular formula is C20H21N3O3S2. The van der Waals surface area contributed by atoms with Crippen LogP contribution in [0.3, 0.4) is 0 Å². The van der Waals surface area contributed by atoms with Gasteiger partial charge in [-0.1, -0.05) is 36.0 Å². The number of para-hydroxylation sites is 3. The number of ether oxygens (including phenoxy) is 1. The van der Waals surface area contributed by atoms with Crippen LogP contribution in [-0.2, 0) is 9.59 Å². The Balaban J connectivity index is 1.56. The number of carbonyl (C=O) groups is 2. The number of likely N-dealkylation sites (N-methyl/N-ethyl adjacent to an activating group) is 1. The largest absolute Gasteiger partial charge is 0.495 e. The average molecular weight is 416 g/mol.